The zero-order valence-electron chi connectivity index (χ0n) is 76.6. The molecule has 0 spiro atoms. The first-order valence-electron chi connectivity index (χ1n) is 42.5. The van der Waals surface area contributed by atoms with Gasteiger partial charge in [-0.25, -0.2) is 14.4 Å². The Kier molecular flexibility index (Phi) is 68.0. The Hall–Kier alpha value is -3.08. The van der Waals surface area contributed by atoms with Gasteiger partial charge in [0.15, 0.2) is 0 Å². The molecule has 10 atom stereocenters. The number of hydrogen-bond donors (Lipinski definition) is 9. The fourth-order valence-corrected chi connectivity index (χ4v) is 12.3. The SMILES string of the molecule is C=CC1CCN(C(=O)OC(C)(C)C)C1.CC(C)(C)OC(=O)N1CCC(C(O)CO)C1.CC(C)(C)OC(=O)N1CCC(C=O)C1.CC(C)(C)[O-].COC(=O)CCCCCCCCCCC(=O)N1CCC(C(O)CO)C1.Cl.OCC(O)C1CCNC1.[2H]CC(O)C1CCN(C(=O)CCCCCCCCCCC(=O)OC)C1.[2H]Cl.[3H]C.[3H]OC.[K+]. The molecule has 0 aliphatic carbocycles. The number of aliphatic hydroxyl groups is 8. The van der Waals surface area contributed by atoms with Gasteiger partial charge in [-0.2, -0.15) is 0 Å². The maximum atomic E-state index is 12.1. The normalized spacial score (nSPS) is 20.2. The van der Waals surface area contributed by atoms with E-state index in [1.165, 1.54) is 54.4 Å². The second-order valence-corrected chi connectivity index (χ2v) is 33.1. The molecular weight excluding hydrogens is 1530 g/mol. The molecular formula is C82H159Cl2KN6O22. The van der Waals surface area contributed by atoms with E-state index >= 15 is 0 Å². The van der Waals surface area contributed by atoms with E-state index in [4.69, 9.17) is 40.0 Å². The summed E-state index contributed by atoms with van der Waals surface area (Å²) in [4.78, 5) is 100. The maximum absolute atomic E-state index is 12.1. The van der Waals surface area contributed by atoms with Gasteiger partial charge in [0, 0.05) is 137 Å². The molecule has 0 radical (unpaired) electrons. The zero-order chi connectivity index (χ0) is 88.8. The number of nitrogens with zero attached hydrogens (tertiary/aromatic N) is 5. The number of esters is 2. The summed E-state index contributed by atoms with van der Waals surface area (Å²) < 4.78 is 48.8. The molecule has 9 N–H and O–H groups in total. The van der Waals surface area contributed by atoms with E-state index < -0.39 is 46.8 Å². The molecule has 0 aromatic heterocycles. The third-order valence-corrected chi connectivity index (χ3v) is 18.6. The predicted molar refractivity (Wildman–Crippen MR) is 441 cm³/mol. The third-order valence-electron chi connectivity index (χ3n) is 18.6. The van der Waals surface area contributed by atoms with Crippen LogP contribution < -0.4 is 61.8 Å². The summed E-state index contributed by atoms with van der Waals surface area (Å²) in [5.74, 6) is 0.882. The molecule has 113 heavy (non-hydrogen) atoms. The number of likely N-dealkylation sites (tertiary alicyclic amines) is 5. The van der Waals surface area contributed by atoms with Crippen molar-refractivity contribution in [1.29, 1.82) is 2.60 Å². The Morgan fingerprint density at radius 1 is 0.513 bits per heavy atom. The molecule has 6 rings (SSSR count). The number of methoxy groups -OCH3 is 2. The zero-order valence-corrected chi connectivity index (χ0v) is 77.3. The van der Waals surface area contributed by atoms with Crippen LogP contribution in [0.3, 0.4) is 0 Å². The minimum atomic E-state index is -0.750. The van der Waals surface area contributed by atoms with E-state index in [0.29, 0.717) is 83.8 Å². The second-order valence-electron chi connectivity index (χ2n) is 33.1. The summed E-state index contributed by atoms with van der Waals surface area (Å²) in [6.07, 6.45) is 24.0. The van der Waals surface area contributed by atoms with E-state index in [0.717, 1.165) is 148 Å². The fourth-order valence-electron chi connectivity index (χ4n) is 12.3. The molecule has 31 heteroatoms. The number of halogens is 2. The minimum Gasteiger partial charge on any atom is -0.850 e. The van der Waals surface area contributed by atoms with Gasteiger partial charge >= 0.3 is 81.6 Å². The Labute approximate surface area is 741 Å². The van der Waals surface area contributed by atoms with Crippen LogP contribution in [0, 0.1) is 35.5 Å². The van der Waals surface area contributed by atoms with Crippen LogP contribution in [0.15, 0.2) is 12.7 Å². The number of carbonyl (C=O) groups is 8. The quantitative estimate of drug-likeness (QED) is 0.00826. The van der Waals surface area contributed by atoms with Gasteiger partial charge in [0.25, 0.3) is 0 Å². The summed E-state index contributed by atoms with van der Waals surface area (Å²) in [6, 6.07) is 0. The molecule has 6 fully saturated rings. The first kappa shape index (κ1) is 112. The smallest absolute Gasteiger partial charge is 0.850 e. The fraction of sp³-hybridized carbons (Fsp3) is 0.878. The van der Waals surface area contributed by atoms with Crippen LogP contribution in [0.1, 0.15) is 267 Å². The van der Waals surface area contributed by atoms with Crippen LogP contribution in [-0.2, 0) is 47.7 Å². The van der Waals surface area contributed by atoms with Crippen LogP contribution in [-0.4, -0.2) is 283 Å². The standard InChI is InChI=1S/C19H35NO5.C19H35NO4.C11H21NO4.C11H19NO2.C10H17NO3.C6H13NO2.C4H9O.CH4O.CH4.2ClH.K/c1-25-19(24)11-9-7-5-3-2-4-6-8-10-18(23)20-13-12-16(14-20)17(22)15-21;1-16(21)17-13-14-20(15-17)18(22)11-9-7-5-3-4-6-8-10-12-19(23)24-2;1-11(2,3)16-10(15)12-5-4-8(6-12)9(14)7-13;1-5-9-6-7-12(8-9)10(13)14-11(2,3)4;1-10(2,3)14-9(13)11-5-4-8(6-11)7-12;8-4-6(9)5-1-2-7-3-5;1-4(2,3)5;1-2;;;;/h16-17,21-22H,2-15H2,1H3;16-17,21H,3-15H2,1-2H3;8-9,13-14H,4-7H2,1-3H3;5,9H,1,6-8H2,2-4H3;7-8H,4-6H2,1-3H3;5-9H,1-4H2;1-3H3;2H,1H3;1H4;2*1H;/q;;;;;;-1;;;;;+1/i;1D;;;;;;2T;1T;;;/hD. The number of nitrogens with one attached hydrogen (secondary N) is 1. The Bertz CT molecular complexity index is 2400. The van der Waals surface area contributed by atoms with Gasteiger partial charge in [-0.1, -0.05) is 111 Å². The molecule has 6 heterocycles. The van der Waals surface area contributed by atoms with E-state index in [-0.39, 0.29) is 162 Å². The largest absolute Gasteiger partial charge is 1.00 e. The predicted octanol–water partition coefficient (Wildman–Crippen LogP) is 7.21. The number of carbonyl (C=O) groups excluding carboxylic acids is 8. The van der Waals surface area contributed by atoms with Crippen molar-refractivity contribution in [2.24, 2.45) is 35.5 Å². The molecule has 0 bridgehead atoms. The Morgan fingerprint density at radius 2 is 0.796 bits per heavy atom. The van der Waals surface area contributed by atoms with Gasteiger partial charge in [0.2, 0.25) is 13.2 Å². The van der Waals surface area contributed by atoms with E-state index in [2.05, 4.69) is 38.8 Å². The number of ether oxygens (including phenoxy) is 5. The van der Waals surface area contributed by atoms with E-state index in [1.54, 1.807) is 35.5 Å². The number of hydrogen-bond acceptors (Lipinski definition) is 23. The first-order chi connectivity index (χ1) is 54.1. The van der Waals surface area contributed by atoms with Gasteiger partial charge in [-0.15, -0.1) is 36.9 Å². The van der Waals surface area contributed by atoms with Gasteiger partial charge < -0.3 is 104 Å². The van der Waals surface area contributed by atoms with Crippen molar-refractivity contribution in [3.8, 4) is 0 Å². The molecule has 6 aliphatic rings. The number of aldehydes is 1. The molecule has 10 unspecified atom stereocenters. The molecule has 0 aromatic rings. The molecule has 664 valence electrons. The Balaban J connectivity index is -0.000000313. The Morgan fingerprint density at radius 3 is 1.09 bits per heavy atom. The van der Waals surface area contributed by atoms with Crippen LogP contribution in [0.25, 0.3) is 0 Å². The topological polar surface area (TPSA) is 396 Å². The van der Waals surface area contributed by atoms with Crippen molar-refractivity contribution in [1.82, 2.24) is 29.8 Å². The summed E-state index contributed by atoms with van der Waals surface area (Å²) in [7, 11) is 5.39. The van der Waals surface area contributed by atoms with Gasteiger partial charge in [0.05, 0.1) is 58.5 Å². The van der Waals surface area contributed by atoms with Crippen LogP contribution >= 0.6 is 24.7 Å². The minimum absolute atomic E-state index is 0. The molecule has 6 saturated heterocycles. The van der Waals surface area contributed by atoms with E-state index in [9.17, 15) is 58.8 Å². The molecule has 0 aromatic carbocycles. The number of aliphatic hydroxyl groups excluding tert-OH is 8. The average Bonchev–Trinajstić information content (AvgIpc) is 1.70. The van der Waals surface area contributed by atoms with Gasteiger partial charge in [-0.05, 0) is 146 Å². The first-order valence-corrected chi connectivity index (χ1v) is 40.0. The molecule has 28 nitrogen and oxygen atoms in total. The second kappa shape index (κ2) is 68.7. The van der Waals surface area contributed by atoms with Crippen molar-refractivity contribution < 1.29 is 162 Å². The van der Waals surface area contributed by atoms with Crippen molar-refractivity contribution in [2.75, 3.05) is 120 Å². The third kappa shape index (κ3) is 63.6. The van der Waals surface area contributed by atoms with Crippen LogP contribution in [0.4, 0.5) is 14.4 Å². The number of rotatable bonds is 31. The average molecular weight is 1700 g/mol. The number of amides is 5. The van der Waals surface area contributed by atoms with Crippen LogP contribution in [0.5, 0.6) is 0 Å². The van der Waals surface area contributed by atoms with Crippen molar-refractivity contribution in [3.05, 3.63) is 12.7 Å². The molecule has 6 aliphatic heterocycles. The molecule has 5 amide bonds. The van der Waals surface area contributed by atoms with Crippen molar-refractivity contribution in [3.63, 3.8) is 0 Å². The van der Waals surface area contributed by atoms with Crippen molar-refractivity contribution >= 4 is 73.0 Å². The number of unbranched alkanes of at least 4 members (excludes halogenated alkanes) is 14. The maximum Gasteiger partial charge on any atom is 1.00 e. The van der Waals surface area contributed by atoms with Gasteiger partial charge in [-0.3, -0.25) is 19.2 Å². The van der Waals surface area contributed by atoms with Gasteiger partial charge in [0.1, 0.15) is 24.3 Å². The monoisotopic (exact) mass is 1700 g/mol. The van der Waals surface area contributed by atoms with Crippen molar-refractivity contribution in [2.45, 2.75) is 311 Å². The summed E-state index contributed by atoms with van der Waals surface area (Å²) >= 11 is 3.89. The molecule has 0 saturated carbocycles. The summed E-state index contributed by atoms with van der Waals surface area (Å²) in [6.45, 7) is 32.8. The van der Waals surface area contributed by atoms with E-state index in [1.807, 2.05) is 78.2 Å². The van der Waals surface area contributed by atoms with Crippen LogP contribution in [0.2, 0.25) is 0 Å². The summed E-state index contributed by atoms with van der Waals surface area (Å²) in [5.41, 5.74) is -2.11. The summed E-state index contributed by atoms with van der Waals surface area (Å²) in [5, 5.41) is 80.9.